The van der Waals surface area contributed by atoms with Crippen molar-refractivity contribution in [2.24, 2.45) is 41.1 Å². The van der Waals surface area contributed by atoms with E-state index in [9.17, 15) is 0 Å². The van der Waals surface area contributed by atoms with Gasteiger partial charge in [-0.15, -0.1) is 0 Å². The van der Waals surface area contributed by atoms with E-state index in [1.165, 1.54) is 32.1 Å². The standard InChI is InChI=1S/C12H22N2/c13-6-11(14)12-9-2-7-1-8(4-9)5-10(12)3-7/h7-12H,1-6,13-14H2. The van der Waals surface area contributed by atoms with Crippen molar-refractivity contribution in [2.75, 3.05) is 6.54 Å². The second-order valence-electron chi connectivity index (χ2n) is 5.91. The van der Waals surface area contributed by atoms with Gasteiger partial charge in [0, 0.05) is 12.6 Å². The Bertz CT molecular complexity index is 198. The van der Waals surface area contributed by atoms with E-state index in [0.29, 0.717) is 6.54 Å². The predicted octanol–water partition coefficient (Wildman–Crippen LogP) is 1.34. The SMILES string of the molecule is NCC(N)C1C2CC3CC(C2)CC1C3. The van der Waals surface area contributed by atoms with Gasteiger partial charge < -0.3 is 11.5 Å². The van der Waals surface area contributed by atoms with Gasteiger partial charge in [-0.1, -0.05) is 0 Å². The maximum atomic E-state index is 6.17. The van der Waals surface area contributed by atoms with Crippen molar-refractivity contribution in [2.45, 2.75) is 38.1 Å². The molecule has 4 saturated carbocycles. The van der Waals surface area contributed by atoms with E-state index in [2.05, 4.69) is 0 Å². The van der Waals surface area contributed by atoms with Crippen LogP contribution in [0, 0.1) is 29.6 Å². The molecule has 1 unspecified atom stereocenters. The smallest absolute Gasteiger partial charge is 0.0197 e. The molecule has 2 heteroatoms. The largest absolute Gasteiger partial charge is 0.329 e. The average molecular weight is 194 g/mol. The molecule has 4 N–H and O–H groups in total. The molecule has 4 rings (SSSR count). The van der Waals surface area contributed by atoms with Crippen molar-refractivity contribution in [1.29, 1.82) is 0 Å². The second kappa shape index (κ2) is 3.21. The monoisotopic (exact) mass is 194 g/mol. The number of nitrogens with two attached hydrogens (primary N) is 2. The third-order valence-electron chi connectivity index (χ3n) is 5.07. The first-order valence-corrected chi connectivity index (χ1v) is 6.23. The van der Waals surface area contributed by atoms with Gasteiger partial charge in [-0.05, 0) is 61.7 Å². The zero-order chi connectivity index (χ0) is 9.71. The molecule has 4 fully saturated rings. The molecule has 80 valence electrons. The summed E-state index contributed by atoms with van der Waals surface area (Å²) in [4.78, 5) is 0. The van der Waals surface area contributed by atoms with Crippen LogP contribution >= 0.6 is 0 Å². The van der Waals surface area contributed by atoms with Gasteiger partial charge in [0.15, 0.2) is 0 Å². The number of hydrogen-bond acceptors (Lipinski definition) is 2. The minimum Gasteiger partial charge on any atom is -0.329 e. The molecule has 0 aromatic carbocycles. The van der Waals surface area contributed by atoms with Gasteiger partial charge in [0.2, 0.25) is 0 Å². The highest BCUT2D eigenvalue weighted by atomic mass is 14.8. The Balaban J connectivity index is 1.81. The molecule has 4 aliphatic carbocycles. The van der Waals surface area contributed by atoms with Crippen LogP contribution in [0.2, 0.25) is 0 Å². The topological polar surface area (TPSA) is 52.0 Å². The van der Waals surface area contributed by atoms with Crippen molar-refractivity contribution < 1.29 is 0 Å². The van der Waals surface area contributed by atoms with Gasteiger partial charge in [0.25, 0.3) is 0 Å². The molecule has 0 spiro atoms. The lowest BCUT2D eigenvalue weighted by Gasteiger charge is -2.56. The lowest BCUT2D eigenvalue weighted by atomic mass is 9.50. The van der Waals surface area contributed by atoms with Gasteiger partial charge in [0.05, 0.1) is 0 Å². The normalized spacial score (nSPS) is 52.3. The summed E-state index contributed by atoms with van der Waals surface area (Å²) in [6.45, 7) is 0.688. The first-order chi connectivity index (χ1) is 6.78. The van der Waals surface area contributed by atoms with Gasteiger partial charge in [-0.3, -0.25) is 0 Å². The quantitative estimate of drug-likeness (QED) is 0.697. The molecule has 0 aromatic heterocycles. The van der Waals surface area contributed by atoms with Gasteiger partial charge >= 0.3 is 0 Å². The number of rotatable bonds is 2. The zero-order valence-corrected chi connectivity index (χ0v) is 8.86. The van der Waals surface area contributed by atoms with Gasteiger partial charge in [-0.2, -0.15) is 0 Å². The van der Waals surface area contributed by atoms with E-state index in [4.69, 9.17) is 11.5 Å². The Morgan fingerprint density at radius 3 is 1.86 bits per heavy atom. The lowest BCUT2D eigenvalue weighted by molar-refractivity contribution is -0.0454. The van der Waals surface area contributed by atoms with Crippen LogP contribution in [0.3, 0.4) is 0 Å². The highest BCUT2D eigenvalue weighted by Gasteiger charge is 2.49. The van der Waals surface area contributed by atoms with Crippen LogP contribution in [-0.4, -0.2) is 12.6 Å². The third-order valence-corrected chi connectivity index (χ3v) is 5.07. The fourth-order valence-corrected chi connectivity index (χ4v) is 4.82. The van der Waals surface area contributed by atoms with E-state index >= 15 is 0 Å². The maximum Gasteiger partial charge on any atom is 0.0197 e. The highest BCUT2D eigenvalue weighted by molar-refractivity contribution is 5.01. The summed E-state index contributed by atoms with van der Waals surface area (Å²) < 4.78 is 0. The van der Waals surface area contributed by atoms with Gasteiger partial charge in [0.1, 0.15) is 0 Å². The Morgan fingerprint density at radius 2 is 1.43 bits per heavy atom. The fraction of sp³-hybridized carbons (Fsp3) is 1.00. The van der Waals surface area contributed by atoms with Crippen LogP contribution in [-0.2, 0) is 0 Å². The van der Waals surface area contributed by atoms with Crippen LogP contribution < -0.4 is 11.5 Å². The van der Waals surface area contributed by atoms with E-state index in [1.807, 2.05) is 0 Å². The molecule has 0 heterocycles. The highest BCUT2D eigenvalue weighted by Crippen LogP contribution is 2.56. The first kappa shape index (κ1) is 9.17. The molecule has 0 aromatic rings. The van der Waals surface area contributed by atoms with E-state index < -0.39 is 0 Å². The third kappa shape index (κ3) is 1.24. The van der Waals surface area contributed by atoms with Crippen molar-refractivity contribution in [3.63, 3.8) is 0 Å². The molecule has 14 heavy (non-hydrogen) atoms. The molecule has 2 nitrogen and oxygen atoms in total. The van der Waals surface area contributed by atoms with Crippen LogP contribution in [0.4, 0.5) is 0 Å². The van der Waals surface area contributed by atoms with Gasteiger partial charge in [-0.25, -0.2) is 0 Å². The van der Waals surface area contributed by atoms with E-state index in [1.54, 1.807) is 0 Å². The second-order valence-corrected chi connectivity index (χ2v) is 5.91. The molecule has 4 bridgehead atoms. The molecular formula is C12H22N2. The van der Waals surface area contributed by atoms with Crippen LogP contribution in [0.25, 0.3) is 0 Å². The van der Waals surface area contributed by atoms with E-state index in [-0.39, 0.29) is 6.04 Å². The van der Waals surface area contributed by atoms with Crippen molar-refractivity contribution in [3.05, 3.63) is 0 Å². The van der Waals surface area contributed by atoms with E-state index in [0.717, 1.165) is 29.6 Å². The molecule has 0 amide bonds. The fourth-order valence-electron chi connectivity index (χ4n) is 4.82. The summed E-state index contributed by atoms with van der Waals surface area (Å²) in [7, 11) is 0. The summed E-state index contributed by atoms with van der Waals surface area (Å²) in [5.74, 6) is 4.75. The minimum atomic E-state index is 0.282. The van der Waals surface area contributed by atoms with Crippen LogP contribution in [0.1, 0.15) is 32.1 Å². The summed E-state index contributed by atoms with van der Waals surface area (Å²) in [5.41, 5.74) is 11.9. The Labute approximate surface area is 86.4 Å². The van der Waals surface area contributed by atoms with Crippen molar-refractivity contribution in [1.82, 2.24) is 0 Å². The molecule has 0 radical (unpaired) electrons. The lowest BCUT2D eigenvalue weighted by Crippen LogP contribution is -2.53. The van der Waals surface area contributed by atoms with Crippen molar-refractivity contribution >= 4 is 0 Å². The zero-order valence-electron chi connectivity index (χ0n) is 8.86. The average Bonchev–Trinajstić information content (AvgIpc) is 2.15. The molecule has 4 aliphatic rings. The summed E-state index contributed by atoms with van der Waals surface area (Å²) >= 11 is 0. The molecular weight excluding hydrogens is 172 g/mol. The summed E-state index contributed by atoms with van der Waals surface area (Å²) in [5, 5.41) is 0. The Kier molecular flexibility index (Phi) is 2.10. The molecule has 0 aliphatic heterocycles. The molecule has 0 saturated heterocycles. The maximum absolute atomic E-state index is 6.17. The van der Waals surface area contributed by atoms with Crippen LogP contribution in [0.15, 0.2) is 0 Å². The van der Waals surface area contributed by atoms with Crippen molar-refractivity contribution in [3.8, 4) is 0 Å². The predicted molar refractivity (Wildman–Crippen MR) is 57.6 cm³/mol. The minimum absolute atomic E-state index is 0.282. The number of hydrogen-bond donors (Lipinski definition) is 2. The first-order valence-electron chi connectivity index (χ1n) is 6.23. The van der Waals surface area contributed by atoms with Crippen LogP contribution in [0.5, 0.6) is 0 Å². The summed E-state index contributed by atoms with van der Waals surface area (Å²) in [6.07, 6.45) is 7.38. The molecule has 1 atom stereocenters. The summed E-state index contributed by atoms with van der Waals surface area (Å²) in [6, 6.07) is 0.282. The Morgan fingerprint density at radius 1 is 0.929 bits per heavy atom. The Hall–Kier alpha value is -0.0800.